The fourth-order valence-corrected chi connectivity index (χ4v) is 4.22. The SMILES string of the molecule is COC(=O)Cc1sc(NC(=O)CCC2CCNCC2)nc1-c1ccccc1.Cl. The van der Waals surface area contributed by atoms with E-state index in [4.69, 9.17) is 4.74 Å². The van der Waals surface area contributed by atoms with E-state index in [9.17, 15) is 9.59 Å². The van der Waals surface area contributed by atoms with Crippen LogP contribution in [0.2, 0.25) is 0 Å². The third kappa shape index (κ3) is 6.29. The minimum absolute atomic E-state index is 0. The van der Waals surface area contributed by atoms with Gasteiger partial charge in [-0.15, -0.1) is 23.7 Å². The molecule has 1 fully saturated rings. The Labute approximate surface area is 175 Å². The van der Waals surface area contributed by atoms with Crippen LogP contribution < -0.4 is 10.6 Å². The summed E-state index contributed by atoms with van der Waals surface area (Å²) < 4.78 is 4.79. The summed E-state index contributed by atoms with van der Waals surface area (Å²) in [6, 6.07) is 9.66. The highest BCUT2D eigenvalue weighted by molar-refractivity contribution is 7.16. The van der Waals surface area contributed by atoms with Crippen LogP contribution in [0, 0.1) is 5.92 Å². The lowest BCUT2D eigenvalue weighted by molar-refractivity contribution is -0.139. The van der Waals surface area contributed by atoms with Crippen LogP contribution in [0.5, 0.6) is 0 Å². The van der Waals surface area contributed by atoms with Crippen LogP contribution in [0.3, 0.4) is 0 Å². The highest BCUT2D eigenvalue weighted by Crippen LogP contribution is 2.32. The normalized spacial score (nSPS) is 14.2. The molecule has 152 valence electrons. The van der Waals surface area contributed by atoms with Gasteiger partial charge in [-0.1, -0.05) is 30.3 Å². The van der Waals surface area contributed by atoms with Crippen LogP contribution in [-0.4, -0.2) is 37.1 Å². The zero-order chi connectivity index (χ0) is 19.1. The molecule has 0 aliphatic carbocycles. The predicted molar refractivity (Wildman–Crippen MR) is 114 cm³/mol. The first-order valence-electron chi connectivity index (χ1n) is 9.28. The van der Waals surface area contributed by atoms with E-state index in [1.54, 1.807) is 0 Å². The molecule has 1 aliphatic heterocycles. The second kappa shape index (κ2) is 11.1. The molecule has 0 saturated carbocycles. The maximum absolute atomic E-state index is 12.3. The molecule has 1 saturated heterocycles. The molecule has 1 amide bonds. The Hall–Kier alpha value is -1.96. The number of carbonyl (C=O) groups excluding carboxylic acids is 2. The Kier molecular flexibility index (Phi) is 8.89. The Balaban J connectivity index is 0.00000280. The summed E-state index contributed by atoms with van der Waals surface area (Å²) >= 11 is 1.33. The first-order valence-corrected chi connectivity index (χ1v) is 10.1. The number of esters is 1. The molecule has 1 aliphatic rings. The lowest BCUT2D eigenvalue weighted by atomic mass is 9.93. The predicted octanol–water partition coefficient (Wildman–Crippen LogP) is 3.67. The summed E-state index contributed by atoms with van der Waals surface area (Å²) in [5, 5.41) is 6.78. The van der Waals surface area contributed by atoms with Crippen molar-refractivity contribution in [2.24, 2.45) is 5.92 Å². The molecular weight excluding hydrogens is 398 g/mol. The van der Waals surface area contributed by atoms with E-state index in [0.717, 1.165) is 48.5 Å². The fraction of sp³-hybridized carbons (Fsp3) is 0.450. The topological polar surface area (TPSA) is 80.3 Å². The molecule has 28 heavy (non-hydrogen) atoms. The maximum atomic E-state index is 12.3. The highest BCUT2D eigenvalue weighted by atomic mass is 35.5. The average Bonchev–Trinajstić information content (AvgIpc) is 3.09. The molecule has 1 aromatic heterocycles. The number of anilines is 1. The molecular formula is C20H26ClN3O3S. The number of nitrogens with zero attached hydrogens (tertiary/aromatic N) is 1. The van der Waals surface area contributed by atoms with E-state index in [2.05, 4.69) is 15.6 Å². The van der Waals surface area contributed by atoms with Crippen molar-refractivity contribution in [3.05, 3.63) is 35.2 Å². The zero-order valence-corrected chi connectivity index (χ0v) is 17.5. The van der Waals surface area contributed by atoms with Gasteiger partial charge in [-0.05, 0) is 38.3 Å². The Morgan fingerprint density at radius 3 is 2.64 bits per heavy atom. The lowest BCUT2D eigenvalue weighted by Crippen LogP contribution is -2.28. The standard InChI is InChI=1S/C20H25N3O3S.ClH/c1-26-18(25)13-16-19(15-5-3-2-4-6-15)23-20(27-16)22-17(24)8-7-14-9-11-21-12-10-14;/h2-6,14,21H,7-13H2,1H3,(H,22,23,24);1H. The lowest BCUT2D eigenvalue weighted by Gasteiger charge is -2.21. The van der Waals surface area contributed by atoms with Crippen molar-refractivity contribution in [2.75, 3.05) is 25.5 Å². The van der Waals surface area contributed by atoms with Crippen LogP contribution in [-0.2, 0) is 20.7 Å². The van der Waals surface area contributed by atoms with Gasteiger partial charge in [0, 0.05) is 16.9 Å². The highest BCUT2D eigenvalue weighted by Gasteiger charge is 2.19. The van der Waals surface area contributed by atoms with Crippen molar-refractivity contribution in [1.82, 2.24) is 10.3 Å². The molecule has 2 aromatic rings. The second-order valence-corrected chi connectivity index (χ2v) is 7.77. The van der Waals surface area contributed by atoms with Crippen LogP contribution in [0.15, 0.2) is 30.3 Å². The molecule has 0 bridgehead atoms. The van der Waals surface area contributed by atoms with Crippen molar-refractivity contribution >= 4 is 40.8 Å². The number of halogens is 1. The summed E-state index contributed by atoms with van der Waals surface area (Å²) in [4.78, 5) is 29.4. The van der Waals surface area contributed by atoms with Crippen molar-refractivity contribution < 1.29 is 14.3 Å². The molecule has 0 unspecified atom stereocenters. The minimum atomic E-state index is -0.320. The van der Waals surface area contributed by atoms with E-state index >= 15 is 0 Å². The monoisotopic (exact) mass is 423 g/mol. The number of benzene rings is 1. The third-order valence-corrected chi connectivity index (χ3v) is 5.73. The van der Waals surface area contributed by atoms with E-state index in [-0.39, 0.29) is 30.7 Å². The number of thiazole rings is 1. The van der Waals surface area contributed by atoms with Gasteiger partial charge in [0.1, 0.15) is 0 Å². The number of amides is 1. The number of nitrogens with one attached hydrogen (secondary N) is 2. The van der Waals surface area contributed by atoms with Crippen LogP contribution in [0.4, 0.5) is 5.13 Å². The van der Waals surface area contributed by atoms with Gasteiger partial charge in [0.25, 0.3) is 0 Å². The number of carbonyl (C=O) groups is 2. The van der Waals surface area contributed by atoms with Crippen molar-refractivity contribution in [2.45, 2.75) is 32.1 Å². The molecule has 3 rings (SSSR count). The Bertz CT molecular complexity index is 776. The van der Waals surface area contributed by atoms with E-state index in [0.29, 0.717) is 17.5 Å². The van der Waals surface area contributed by atoms with Crippen LogP contribution >= 0.6 is 23.7 Å². The van der Waals surface area contributed by atoms with Crippen molar-refractivity contribution in [3.8, 4) is 11.3 Å². The first kappa shape index (κ1) is 22.3. The van der Waals surface area contributed by atoms with Gasteiger partial charge in [-0.2, -0.15) is 0 Å². The van der Waals surface area contributed by atoms with Gasteiger partial charge >= 0.3 is 5.97 Å². The molecule has 0 radical (unpaired) electrons. The third-order valence-electron chi connectivity index (χ3n) is 4.76. The smallest absolute Gasteiger partial charge is 0.310 e. The number of ether oxygens (including phenoxy) is 1. The molecule has 0 atom stereocenters. The number of hydrogen-bond donors (Lipinski definition) is 2. The zero-order valence-electron chi connectivity index (χ0n) is 15.9. The van der Waals surface area contributed by atoms with Gasteiger partial charge in [0.05, 0.1) is 19.2 Å². The summed E-state index contributed by atoms with van der Waals surface area (Å²) in [7, 11) is 1.37. The Morgan fingerprint density at radius 1 is 1.25 bits per heavy atom. The molecule has 8 heteroatoms. The fourth-order valence-electron chi connectivity index (χ4n) is 3.24. The van der Waals surface area contributed by atoms with Crippen LogP contribution in [0.25, 0.3) is 11.3 Å². The van der Waals surface area contributed by atoms with Crippen LogP contribution in [0.1, 0.15) is 30.6 Å². The molecule has 1 aromatic carbocycles. The largest absolute Gasteiger partial charge is 0.469 e. The molecule has 2 N–H and O–H groups in total. The second-order valence-electron chi connectivity index (χ2n) is 6.69. The molecule has 0 spiro atoms. The quantitative estimate of drug-likeness (QED) is 0.664. The molecule has 2 heterocycles. The van der Waals surface area contributed by atoms with Gasteiger partial charge in [-0.25, -0.2) is 4.98 Å². The van der Waals surface area contributed by atoms with E-state index in [1.165, 1.54) is 18.4 Å². The summed E-state index contributed by atoms with van der Waals surface area (Å²) in [6.45, 7) is 2.08. The first-order chi connectivity index (χ1) is 13.2. The minimum Gasteiger partial charge on any atom is -0.469 e. The molecule has 6 nitrogen and oxygen atoms in total. The van der Waals surface area contributed by atoms with Crippen molar-refractivity contribution in [3.63, 3.8) is 0 Å². The summed E-state index contributed by atoms with van der Waals surface area (Å²) in [5.74, 6) is 0.272. The van der Waals surface area contributed by atoms with E-state index in [1.807, 2.05) is 30.3 Å². The summed E-state index contributed by atoms with van der Waals surface area (Å²) in [5.41, 5.74) is 1.64. The number of piperidine rings is 1. The average molecular weight is 424 g/mol. The number of methoxy groups -OCH3 is 1. The number of aromatic nitrogens is 1. The Morgan fingerprint density at radius 2 is 1.96 bits per heavy atom. The van der Waals surface area contributed by atoms with Gasteiger partial charge in [-0.3, -0.25) is 9.59 Å². The van der Waals surface area contributed by atoms with Gasteiger partial charge in [0.2, 0.25) is 5.91 Å². The maximum Gasteiger partial charge on any atom is 0.310 e. The number of rotatable bonds is 7. The summed E-state index contributed by atoms with van der Waals surface area (Å²) in [6.07, 6.45) is 3.80. The number of hydrogen-bond acceptors (Lipinski definition) is 6. The van der Waals surface area contributed by atoms with Gasteiger partial charge < -0.3 is 15.4 Å². The van der Waals surface area contributed by atoms with E-state index < -0.39 is 0 Å². The van der Waals surface area contributed by atoms with Gasteiger partial charge in [0.15, 0.2) is 5.13 Å². The van der Waals surface area contributed by atoms with Crippen molar-refractivity contribution in [1.29, 1.82) is 0 Å².